The summed E-state index contributed by atoms with van der Waals surface area (Å²) in [6, 6.07) is 13.5. The minimum atomic E-state index is -3.67. The largest absolute Gasteiger partial charge is 0.352 e. The van der Waals surface area contributed by atoms with Gasteiger partial charge in [0.1, 0.15) is 6.54 Å². The van der Waals surface area contributed by atoms with E-state index in [1.807, 2.05) is 6.92 Å². The molecule has 0 aliphatic rings. The number of anilines is 2. The zero-order valence-corrected chi connectivity index (χ0v) is 19.3. The van der Waals surface area contributed by atoms with E-state index in [2.05, 4.69) is 33.2 Å². The molecule has 0 unspecified atom stereocenters. The number of unbranched alkanes of at least 4 members (excludes halogenated alkanes) is 1. The van der Waals surface area contributed by atoms with Crippen molar-refractivity contribution in [1.82, 2.24) is 5.32 Å². The molecular formula is C20H24IN3O4S. The fourth-order valence-electron chi connectivity index (χ4n) is 2.59. The van der Waals surface area contributed by atoms with E-state index in [0.29, 0.717) is 23.5 Å². The average molecular weight is 529 g/mol. The van der Waals surface area contributed by atoms with Crippen molar-refractivity contribution >= 4 is 55.8 Å². The number of carbonyl (C=O) groups excluding carboxylic acids is 2. The Morgan fingerprint density at radius 3 is 2.34 bits per heavy atom. The van der Waals surface area contributed by atoms with Crippen LogP contribution in [0, 0.1) is 3.57 Å². The van der Waals surface area contributed by atoms with Crippen molar-refractivity contribution in [3.63, 3.8) is 0 Å². The van der Waals surface area contributed by atoms with Crippen LogP contribution in [0.1, 0.15) is 30.1 Å². The molecule has 0 heterocycles. The third-order valence-electron chi connectivity index (χ3n) is 4.06. The molecule has 0 aromatic heterocycles. The predicted molar refractivity (Wildman–Crippen MR) is 124 cm³/mol. The number of para-hydroxylation sites is 1. The van der Waals surface area contributed by atoms with Crippen molar-refractivity contribution in [2.75, 3.05) is 29.0 Å². The molecule has 0 bridgehead atoms. The Hall–Kier alpha value is -2.14. The number of halogens is 1. The van der Waals surface area contributed by atoms with Crippen LogP contribution in [-0.4, -0.2) is 39.6 Å². The molecule has 2 aromatic carbocycles. The number of amides is 2. The lowest BCUT2D eigenvalue weighted by molar-refractivity contribution is -0.114. The number of rotatable bonds is 9. The van der Waals surface area contributed by atoms with E-state index >= 15 is 0 Å². The number of hydrogen-bond donors (Lipinski definition) is 2. The lowest BCUT2D eigenvalue weighted by Crippen LogP contribution is -2.37. The summed E-state index contributed by atoms with van der Waals surface area (Å²) in [5, 5.41) is 5.47. The number of hydrogen-bond acceptors (Lipinski definition) is 4. The molecule has 2 aromatic rings. The Kier molecular flexibility index (Phi) is 8.45. The Bertz CT molecular complexity index is 962. The number of nitrogens with one attached hydrogen (secondary N) is 2. The van der Waals surface area contributed by atoms with Gasteiger partial charge in [0.25, 0.3) is 5.91 Å². The summed E-state index contributed by atoms with van der Waals surface area (Å²) in [7, 11) is -3.67. The fourth-order valence-corrected chi connectivity index (χ4v) is 3.81. The first kappa shape index (κ1) is 23.1. The van der Waals surface area contributed by atoms with Crippen LogP contribution in [0.4, 0.5) is 11.4 Å². The summed E-state index contributed by atoms with van der Waals surface area (Å²) >= 11 is 2.12. The van der Waals surface area contributed by atoms with E-state index < -0.39 is 22.5 Å². The SMILES string of the molecule is CCCCNC(=O)c1ccccc1NC(=O)CN(c1ccc(I)cc1)S(C)(=O)=O. The van der Waals surface area contributed by atoms with Crippen molar-refractivity contribution < 1.29 is 18.0 Å². The Morgan fingerprint density at radius 1 is 1.07 bits per heavy atom. The molecule has 0 atom stereocenters. The average Bonchev–Trinajstić information content (AvgIpc) is 2.66. The molecule has 0 aliphatic carbocycles. The molecule has 0 spiro atoms. The highest BCUT2D eigenvalue weighted by molar-refractivity contribution is 14.1. The van der Waals surface area contributed by atoms with Crippen molar-refractivity contribution in [2.45, 2.75) is 19.8 Å². The zero-order valence-electron chi connectivity index (χ0n) is 16.3. The van der Waals surface area contributed by atoms with Gasteiger partial charge in [0.15, 0.2) is 0 Å². The Morgan fingerprint density at radius 2 is 1.72 bits per heavy atom. The number of nitrogens with zero attached hydrogens (tertiary/aromatic N) is 1. The van der Waals surface area contributed by atoms with Crippen molar-refractivity contribution in [1.29, 1.82) is 0 Å². The monoisotopic (exact) mass is 529 g/mol. The summed E-state index contributed by atoms with van der Waals surface area (Å²) in [4.78, 5) is 25.0. The van der Waals surface area contributed by atoms with Gasteiger partial charge < -0.3 is 10.6 Å². The summed E-state index contributed by atoms with van der Waals surface area (Å²) in [5.41, 5.74) is 1.06. The van der Waals surface area contributed by atoms with Gasteiger partial charge in [0.05, 0.1) is 23.2 Å². The van der Waals surface area contributed by atoms with Gasteiger partial charge in [0, 0.05) is 10.1 Å². The van der Waals surface area contributed by atoms with Gasteiger partial charge in [0.2, 0.25) is 15.9 Å². The summed E-state index contributed by atoms with van der Waals surface area (Å²) in [6.45, 7) is 2.18. The highest BCUT2D eigenvalue weighted by atomic mass is 127. The van der Waals surface area contributed by atoms with Gasteiger partial charge in [-0.1, -0.05) is 25.5 Å². The van der Waals surface area contributed by atoms with Gasteiger partial charge in [-0.15, -0.1) is 0 Å². The number of sulfonamides is 1. The van der Waals surface area contributed by atoms with Crippen LogP contribution in [0.25, 0.3) is 0 Å². The Labute approximate surface area is 185 Å². The van der Waals surface area contributed by atoms with Gasteiger partial charge >= 0.3 is 0 Å². The molecule has 0 saturated heterocycles. The zero-order chi connectivity index (χ0) is 21.4. The first-order valence-electron chi connectivity index (χ1n) is 9.12. The topological polar surface area (TPSA) is 95.6 Å². The molecule has 9 heteroatoms. The molecule has 156 valence electrons. The second kappa shape index (κ2) is 10.6. The molecular weight excluding hydrogens is 505 g/mol. The lowest BCUT2D eigenvalue weighted by atomic mass is 10.1. The molecule has 0 aliphatic heterocycles. The van der Waals surface area contributed by atoms with Crippen LogP contribution in [0.2, 0.25) is 0 Å². The molecule has 0 saturated carbocycles. The van der Waals surface area contributed by atoms with E-state index in [-0.39, 0.29) is 5.91 Å². The third-order valence-corrected chi connectivity index (χ3v) is 5.92. The molecule has 2 amide bonds. The summed E-state index contributed by atoms with van der Waals surface area (Å²) in [5.74, 6) is -0.824. The van der Waals surface area contributed by atoms with E-state index in [0.717, 1.165) is 27.0 Å². The van der Waals surface area contributed by atoms with Gasteiger partial charge in [-0.2, -0.15) is 0 Å². The first-order chi connectivity index (χ1) is 13.7. The first-order valence-corrected chi connectivity index (χ1v) is 12.1. The highest BCUT2D eigenvalue weighted by Crippen LogP contribution is 2.20. The van der Waals surface area contributed by atoms with E-state index in [1.165, 1.54) is 0 Å². The van der Waals surface area contributed by atoms with Crippen LogP contribution >= 0.6 is 22.6 Å². The molecule has 29 heavy (non-hydrogen) atoms. The van der Waals surface area contributed by atoms with Crippen molar-refractivity contribution in [3.05, 3.63) is 57.7 Å². The van der Waals surface area contributed by atoms with Crippen LogP contribution in [0.15, 0.2) is 48.5 Å². The smallest absolute Gasteiger partial charge is 0.253 e. The molecule has 7 nitrogen and oxygen atoms in total. The molecule has 2 rings (SSSR count). The van der Waals surface area contributed by atoms with Crippen LogP contribution in [-0.2, 0) is 14.8 Å². The Balaban J connectivity index is 2.17. The fraction of sp³-hybridized carbons (Fsp3) is 0.300. The van der Waals surface area contributed by atoms with Crippen LogP contribution in [0.5, 0.6) is 0 Å². The third kappa shape index (κ3) is 7.00. The molecule has 2 N–H and O–H groups in total. The maximum absolute atomic E-state index is 12.6. The van der Waals surface area contributed by atoms with Gasteiger partial charge in [-0.05, 0) is 65.4 Å². The standard InChI is InChI=1S/C20H24IN3O4S/c1-3-4-13-22-20(26)17-7-5-6-8-18(17)23-19(25)14-24(29(2,27)28)16-11-9-15(21)10-12-16/h5-12H,3-4,13-14H2,1-2H3,(H,22,26)(H,23,25). The van der Waals surface area contributed by atoms with E-state index in [9.17, 15) is 18.0 Å². The van der Waals surface area contributed by atoms with Crippen LogP contribution < -0.4 is 14.9 Å². The van der Waals surface area contributed by atoms with E-state index in [1.54, 1.807) is 48.5 Å². The highest BCUT2D eigenvalue weighted by Gasteiger charge is 2.22. The molecule has 0 radical (unpaired) electrons. The maximum atomic E-state index is 12.6. The summed E-state index contributed by atoms with van der Waals surface area (Å²) in [6.07, 6.45) is 2.87. The second-order valence-electron chi connectivity index (χ2n) is 6.45. The molecule has 0 fully saturated rings. The summed E-state index contributed by atoms with van der Waals surface area (Å²) < 4.78 is 26.4. The van der Waals surface area contributed by atoms with Gasteiger partial charge in [-0.3, -0.25) is 13.9 Å². The maximum Gasteiger partial charge on any atom is 0.253 e. The van der Waals surface area contributed by atoms with Crippen molar-refractivity contribution in [3.8, 4) is 0 Å². The van der Waals surface area contributed by atoms with Crippen LogP contribution in [0.3, 0.4) is 0 Å². The van der Waals surface area contributed by atoms with Gasteiger partial charge in [-0.25, -0.2) is 8.42 Å². The normalized spacial score (nSPS) is 11.0. The lowest BCUT2D eigenvalue weighted by Gasteiger charge is -2.22. The number of carbonyl (C=O) groups is 2. The minimum Gasteiger partial charge on any atom is -0.352 e. The second-order valence-corrected chi connectivity index (χ2v) is 9.60. The van der Waals surface area contributed by atoms with E-state index in [4.69, 9.17) is 0 Å². The minimum absolute atomic E-state index is 0.285. The van der Waals surface area contributed by atoms with Crippen molar-refractivity contribution in [2.24, 2.45) is 0 Å². The quantitative estimate of drug-likeness (QED) is 0.385. The number of benzene rings is 2. The predicted octanol–water partition coefficient (Wildman–Crippen LogP) is 3.23.